The van der Waals surface area contributed by atoms with E-state index in [1.165, 1.54) is 36.1 Å². The summed E-state index contributed by atoms with van der Waals surface area (Å²) in [5.41, 5.74) is -0.0727. The minimum atomic E-state index is -5.33. The molecule has 2 aromatic carbocycles. The van der Waals surface area contributed by atoms with Crippen LogP contribution in [0.15, 0.2) is 73.1 Å². The van der Waals surface area contributed by atoms with E-state index >= 15 is 0 Å². The number of fused-ring (bicyclic) bond motifs is 1. The third kappa shape index (κ3) is 4.88. The van der Waals surface area contributed by atoms with Gasteiger partial charge in [0.25, 0.3) is 5.91 Å². The van der Waals surface area contributed by atoms with Crippen molar-refractivity contribution in [1.29, 1.82) is 0 Å². The Morgan fingerprint density at radius 3 is 2.46 bits per heavy atom. The van der Waals surface area contributed by atoms with Crippen molar-refractivity contribution < 1.29 is 37.0 Å². The van der Waals surface area contributed by atoms with E-state index in [1.807, 2.05) is 0 Å². The van der Waals surface area contributed by atoms with Gasteiger partial charge in [-0.1, -0.05) is 18.2 Å². The molecule has 41 heavy (non-hydrogen) atoms. The van der Waals surface area contributed by atoms with Crippen molar-refractivity contribution in [1.82, 2.24) is 20.1 Å². The lowest BCUT2D eigenvalue weighted by Crippen LogP contribution is -2.51. The smallest absolute Gasteiger partial charge is 0.424 e. The van der Waals surface area contributed by atoms with Gasteiger partial charge in [-0.05, 0) is 49.4 Å². The molecule has 0 saturated heterocycles. The highest BCUT2D eigenvalue weighted by atomic mass is 19.4. The summed E-state index contributed by atoms with van der Waals surface area (Å²) in [5, 5.41) is 17.3. The number of carbonyl (C=O) groups is 2. The summed E-state index contributed by atoms with van der Waals surface area (Å²) in [5.74, 6) is -2.43. The van der Waals surface area contributed by atoms with Crippen LogP contribution >= 0.6 is 0 Å². The molecule has 5 rings (SSSR count). The van der Waals surface area contributed by atoms with Gasteiger partial charge < -0.3 is 20.9 Å². The number of halogens is 4. The number of rotatable bonds is 7. The molecule has 4 N–H and O–H groups in total. The zero-order chi connectivity index (χ0) is 29.6. The first-order valence-corrected chi connectivity index (χ1v) is 12.3. The number of nitrogens with one attached hydrogen (secondary N) is 1. The molecular formula is C28H23F4N5O4. The number of pyridine rings is 1. The summed E-state index contributed by atoms with van der Waals surface area (Å²) < 4.78 is 64.2. The lowest BCUT2D eigenvalue weighted by molar-refractivity contribution is -0.265. The number of ether oxygens (including phenoxy) is 1. The Kier molecular flexibility index (Phi) is 6.77. The third-order valence-corrected chi connectivity index (χ3v) is 7.00. The van der Waals surface area contributed by atoms with Gasteiger partial charge in [0.2, 0.25) is 11.5 Å². The van der Waals surface area contributed by atoms with Crippen LogP contribution in [0.3, 0.4) is 0 Å². The largest absolute Gasteiger partial charge is 0.489 e. The summed E-state index contributed by atoms with van der Waals surface area (Å²) in [6.07, 6.45) is -2.84. The molecule has 0 fully saturated rings. The number of amides is 2. The molecule has 0 spiro atoms. The second-order valence-electron chi connectivity index (χ2n) is 9.77. The molecule has 4 aromatic rings. The number of aromatic nitrogens is 3. The van der Waals surface area contributed by atoms with Crippen molar-refractivity contribution in [3.8, 4) is 22.7 Å². The zero-order valence-corrected chi connectivity index (χ0v) is 21.4. The first-order chi connectivity index (χ1) is 19.3. The number of alkyl halides is 3. The molecule has 2 amide bonds. The van der Waals surface area contributed by atoms with Gasteiger partial charge in [-0.2, -0.15) is 18.3 Å². The summed E-state index contributed by atoms with van der Waals surface area (Å²) in [4.78, 5) is 29.2. The fourth-order valence-corrected chi connectivity index (χ4v) is 4.41. The quantitative estimate of drug-likeness (QED) is 0.293. The van der Waals surface area contributed by atoms with Crippen LogP contribution in [0, 0.1) is 5.82 Å². The van der Waals surface area contributed by atoms with E-state index in [-0.39, 0.29) is 34.7 Å². The van der Waals surface area contributed by atoms with Gasteiger partial charge in [-0.15, -0.1) is 0 Å². The lowest BCUT2D eigenvalue weighted by Gasteiger charge is -2.31. The van der Waals surface area contributed by atoms with Gasteiger partial charge in [-0.25, -0.2) is 14.1 Å². The Bertz CT molecular complexity index is 1620. The fraction of sp³-hybridized carbons (Fsp3) is 0.214. The molecule has 13 heteroatoms. The molecule has 212 valence electrons. The van der Waals surface area contributed by atoms with E-state index in [2.05, 4.69) is 15.4 Å². The zero-order valence-electron chi connectivity index (χ0n) is 21.4. The second kappa shape index (κ2) is 10.0. The average Bonchev–Trinajstić information content (AvgIpc) is 3.58. The van der Waals surface area contributed by atoms with Crippen LogP contribution < -0.4 is 15.8 Å². The number of aliphatic hydroxyl groups is 1. The standard InChI is InChI=1S/C28H23F4N5O4/c1-26(25(33)39)15-41-23-20(26)11-21(36-22(23)16-7-9-18(29)10-8-16)27(40,28(30,31)32)14-34-24(38)17-12-35-37(13-17)19-5-3-2-4-6-19/h2-13,40H,14-15H2,1H3,(H2,33,39)(H,34,38)/t26-,27-/m0/s1. The molecule has 1 aliphatic heterocycles. The van der Waals surface area contributed by atoms with Crippen molar-refractivity contribution in [2.45, 2.75) is 24.1 Å². The Morgan fingerprint density at radius 1 is 1.15 bits per heavy atom. The van der Waals surface area contributed by atoms with Gasteiger partial charge in [0.1, 0.15) is 29.3 Å². The van der Waals surface area contributed by atoms with Crippen LogP contribution in [-0.4, -0.2) is 51.0 Å². The summed E-state index contributed by atoms with van der Waals surface area (Å²) in [6.45, 7) is -0.226. The number of primary amides is 1. The van der Waals surface area contributed by atoms with E-state index in [4.69, 9.17) is 10.5 Å². The van der Waals surface area contributed by atoms with Gasteiger partial charge >= 0.3 is 6.18 Å². The highest BCUT2D eigenvalue weighted by Gasteiger charge is 2.57. The SMILES string of the molecule is C[C@]1(C(N)=O)COc2c1cc([C@@](O)(CNC(=O)c1cnn(-c3ccccc3)c1)C(F)(F)F)nc2-c1ccc(F)cc1. The Hall–Kier alpha value is -4.78. The number of hydrogen-bond donors (Lipinski definition) is 3. The lowest BCUT2D eigenvalue weighted by atomic mass is 9.81. The Balaban J connectivity index is 1.54. The summed E-state index contributed by atoms with van der Waals surface area (Å²) in [7, 11) is 0. The normalized spacial score (nSPS) is 17.8. The topological polar surface area (TPSA) is 132 Å². The Morgan fingerprint density at radius 2 is 1.83 bits per heavy atom. The van der Waals surface area contributed by atoms with Crippen molar-refractivity contribution in [3.05, 3.63) is 95.7 Å². The average molecular weight is 570 g/mol. The molecule has 0 saturated carbocycles. The predicted molar refractivity (Wildman–Crippen MR) is 138 cm³/mol. The molecule has 0 unspecified atom stereocenters. The highest BCUT2D eigenvalue weighted by molar-refractivity contribution is 5.94. The van der Waals surface area contributed by atoms with Crippen LogP contribution in [0.2, 0.25) is 0 Å². The van der Waals surface area contributed by atoms with Crippen molar-refractivity contribution in [2.75, 3.05) is 13.2 Å². The van der Waals surface area contributed by atoms with Crippen LogP contribution in [0.5, 0.6) is 5.75 Å². The molecule has 1 aliphatic rings. The van der Waals surface area contributed by atoms with Crippen LogP contribution in [0.25, 0.3) is 16.9 Å². The van der Waals surface area contributed by atoms with E-state index in [9.17, 15) is 32.3 Å². The molecule has 0 aliphatic carbocycles. The van der Waals surface area contributed by atoms with Crippen molar-refractivity contribution >= 4 is 11.8 Å². The Labute approximate surface area is 230 Å². The van der Waals surface area contributed by atoms with E-state index in [1.54, 1.807) is 30.3 Å². The van der Waals surface area contributed by atoms with Crippen LogP contribution in [0.4, 0.5) is 17.6 Å². The number of nitrogens with two attached hydrogens (primary N) is 1. The molecule has 2 aromatic heterocycles. The third-order valence-electron chi connectivity index (χ3n) is 7.00. The minimum Gasteiger partial charge on any atom is -0.489 e. The first kappa shape index (κ1) is 27.8. The summed E-state index contributed by atoms with van der Waals surface area (Å²) in [6, 6.07) is 14.3. The maximum absolute atomic E-state index is 14.5. The highest BCUT2D eigenvalue weighted by Crippen LogP contribution is 2.47. The van der Waals surface area contributed by atoms with Gasteiger partial charge in [0.15, 0.2) is 0 Å². The molecule has 0 radical (unpaired) electrons. The van der Waals surface area contributed by atoms with Gasteiger partial charge in [0, 0.05) is 17.3 Å². The van der Waals surface area contributed by atoms with Gasteiger partial charge in [0.05, 0.1) is 29.7 Å². The number of nitrogens with zero attached hydrogens (tertiary/aromatic N) is 3. The van der Waals surface area contributed by atoms with Gasteiger partial charge in [-0.3, -0.25) is 9.59 Å². The summed E-state index contributed by atoms with van der Waals surface area (Å²) >= 11 is 0. The predicted octanol–water partition coefficient (Wildman–Crippen LogP) is 3.39. The number of para-hydroxylation sites is 1. The monoisotopic (exact) mass is 569 g/mol. The number of carbonyl (C=O) groups excluding carboxylic acids is 2. The van der Waals surface area contributed by atoms with E-state index in [0.29, 0.717) is 5.69 Å². The molecular weight excluding hydrogens is 546 g/mol. The van der Waals surface area contributed by atoms with Crippen LogP contribution in [-0.2, 0) is 15.8 Å². The minimum absolute atomic E-state index is 0.0245. The molecule has 3 heterocycles. The molecule has 2 atom stereocenters. The van der Waals surface area contributed by atoms with Crippen LogP contribution in [0.1, 0.15) is 28.5 Å². The maximum atomic E-state index is 14.5. The van der Waals surface area contributed by atoms with Crippen molar-refractivity contribution in [2.24, 2.45) is 5.73 Å². The second-order valence-corrected chi connectivity index (χ2v) is 9.77. The van der Waals surface area contributed by atoms with Crippen molar-refractivity contribution in [3.63, 3.8) is 0 Å². The van der Waals surface area contributed by atoms with E-state index < -0.39 is 47.1 Å². The first-order valence-electron chi connectivity index (χ1n) is 12.3. The molecule has 0 bridgehead atoms. The number of hydrogen-bond acceptors (Lipinski definition) is 6. The fourth-order valence-electron chi connectivity index (χ4n) is 4.41. The maximum Gasteiger partial charge on any atom is 0.424 e. The molecule has 9 nitrogen and oxygen atoms in total. The van der Waals surface area contributed by atoms with E-state index in [0.717, 1.165) is 18.2 Å². The number of benzene rings is 2.